The molecule has 0 bridgehead atoms. The average Bonchev–Trinajstić information content (AvgIpc) is 2.91. The molecule has 2 atom stereocenters. The van der Waals surface area contributed by atoms with Gasteiger partial charge in [0.1, 0.15) is 11.6 Å². The van der Waals surface area contributed by atoms with Gasteiger partial charge < -0.3 is 5.32 Å². The molecule has 0 aliphatic heterocycles. The van der Waals surface area contributed by atoms with Crippen molar-refractivity contribution < 1.29 is 0 Å². The minimum Gasteiger partial charge on any atom is -0.310 e. The second kappa shape index (κ2) is 7.18. The molecule has 4 heteroatoms. The molecule has 0 amide bonds. The first-order valence-electron chi connectivity index (χ1n) is 7.41. The molecule has 0 saturated heterocycles. The number of aromatic nitrogens is 3. The Kier molecular flexibility index (Phi) is 5.28. The molecule has 112 valence electrons. The lowest BCUT2D eigenvalue weighted by Gasteiger charge is -2.20. The van der Waals surface area contributed by atoms with Crippen molar-refractivity contribution in [1.29, 1.82) is 0 Å². The van der Waals surface area contributed by atoms with Crippen LogP contribution in [0.4, 0.5) is 0 Å². The third kappa shape index (κ3) is 4.02. The quantitative estimate of drug-likeness (QED) is 0.794. The van der Waals surface area contributed by atoms with Gasteiger partial charge in [0.05, 0.1) is 0 Å². The van der Waals surface area contributed by atoms with Gasteiger partial charge in [-0.3, -0.25) is 4.57 Å². The summed E-state index contributed by atoms with van der Waals surface area (Å²) < 4.78 is 1.98. The maximum Gasteiger partial charge on any atom is 0.137 e. The van der Waals surface area contributed by atoms with Crippen LogP contribution in [0.15, 0.2) is 43.4 Å². The van der Waals surface area contributed by atoms with E-state index >= 15 is 0 Å². The molecule has 0 saturated carbocycles. The molecule has 2 rings (SSSR count). The summed E-state index contributed by atoms with van der Waals surface area (Å²) in [6.07, 6.45) is 8.65. The Morgan fingerprint density at radius 1 is 1.33 bits per heavy atom. The molecule has 0 aliphatic rings. The van der Waals surface area contributed by atoms with E-state index in [0.29, 0.717) is 12.0 Å². The zero-order valence-electron chi connectivity index (χ0n) is 13.1. The van der Waals surface area contributed by atoms with Crippen molar-refractivity contribution in [3.8, 4) is 5.82 Å². The predicted octanol–water partition coefficient (Wildman–Crippen LogP) is 3.27. The van der Waals surface area contributed by atoms with Crippen LogP contribution in [0.3, 0.4) is 0 Å². The highest BCUT2D eigenvalue weighted by Crippen LogP contribution is 2.11. The highest BCUT2D eigenvalue weighted by Gasteiger charge is 2.10. The standard InChI is InChI=1S/C17H24N4/c1-5-6-13(2)14(3)19-11-16-7-8-17(20-12-16)21-10-9-18-15(21)4/h5,7-10,12-14,19H,1,6,11H2,2-4H3/t13-,14+/m1/s1. The fraction of sp³-hybridized carbons (Fsp3) is 0.412. The van der Waals surface area contributed by atoms with Crippen LogP contribution in [0, 0.1) is 12.8 Å². The maximum atomic E-state index is 4.51. The summed E-state index contributed by atoms with van der Waals surface area (Å²) in [5.41, 5.74) is 1.19. The van der Waals surface area contributed by atoms with Crippen LogP contribution in [-0.2, 0) is 6.54 Å². The number of pyridine rings is 1. The third-order valence-corrected chi connectivity index (χ3v) is 3.90. The Labute approximate surface area is 126 Å². The minimum atomic E-state index is 0.457. The van der Waals surface area contributed by atoms with E-state index in [2.05, 4.69) is 41.8 Å². The molecule has 1 N–H and O–H groups in total. The Hall–Kier alpha value is -1.94. The molecule has 2 aromatic rings. The second-order valence-corrected chi connectivity index (χ2v) is 5.54. The molecule has 2 heterocycles. The lowest BCUT2D eigenvalue weighted by atomic mass is 10.00. The first-order chi connectivity index (χ1) is 10.1. The topological polar surface area (TPSA) is 42.7 Å². The number of hydrogen-bond donors (Lipinski definition) is 1. The summed E-state index contributed by atoms with van der Waals surface area (Å²) >= 11 is 0. The Morgan fingerprint density at radius 2 is 2.14 bits per heavy atom. The molecular weight excluding hydrogens is 260 g/mol. The number of nitrogens with one attached hydrogen (secondary N) is 1. The average molecular weight is 284 g/mol. The Balaban J connectivity index is 1.94. The molecule has 21 heavy (non-hydrogen) atoms. The lowest BCUT2D eigenvalue weighted by Crippen LogP contribution is -2.31. The van der Waals surface area contributed by atoms with E-state index in [9.17, 15) is 0 Å². The van der Waals surface area contributed by atoms with Crippen LogP contribution in [0.5, 0.6) is 0 Å². The number of allylic oxidation sites excluding steroid dienone is 1. The molecule has 0 unspecified atom stereocenters. The van der Waals surface area contributed by atoms with E-state index < -0.39 is 0 Å². The Morgan fingerprint density at radius 3 is 2.71 bits per heavy atom. The van der Waals surface area contributed by atoms with E-state index in [1.807, 2.05) is 36.0 Å². The van der Waals surface area contributed by atoms with Crippen LogP contribution in [-0.4, -0.2) is 20.6 Å². The van der Waals surface area contributed by atoms with Gasteiger partial charge in [-0.25, -0.2) is 9.97 Å². The van der Waals surface area contributed by atoms with Crippen molar-refractivity contribution in [2.45, 2.75) is 39.8 Å². The van der Waals surface area contributed by atoms with Crippen molar-refractivity contribution >= 4 is 0 Å². The van der Waals surface area contributed by atoms with E-state index in [1.54, 1.807) is 6.20 Å². The van der Waals surface area contributed by atoms with Gasteiger partial charge in [0.15, 0.2) is 0 Å². The van der Waals surface area contributed by atoms with Crippen LogP contribution in [0.2, 0.25) is 0 Å². The minimum absolute atomic E-state index is 0.457. The van der Waals surface area contributed by atoms with Gasteiger partial charge in [0, 0.05) is 31.2 Å². The van der Waals surface area contributed by atoms with Gasteiger partial charge in [-0.15, -0.1) is 6.58 Å². The van der Waals surface area contributed by atoms with E-state index in [-0.39, 0.29) is 0 Å². The normalized spacial score (nSPS) is 13.9. The van der Waals surface area contributed by atoms with Crippen LogP contribution in [0.25, 0.3) is 5.82 Å². The predicted molar refractivity (Wildman–Crippen MR) is 86.4 cm³/mol. The summed E-state index contributed by atoms with van der Waals surface area (Å²) in [6, 6.07) is 4.60. The molecule has 2 aromatic heterocycles. The first kappa shape index (κ1) is 15.4. The van der Waals surface area contributed by atoms with Crippen molar-refractivity contribution in [3.63, 3.8) is 0 Å². The zero-order chi connectivity index (χ0) is 15.2. The summed E-state index contributed by atoms with van der Waals surface area (Å²) in [5.74, 6) is 2.44. The van der Waals surface area contributed by atoms with Crippen molar-refractivity contribution in [1.82, 2.24) is 19.9 Å². The number of imidazole rings is 1. The van der Waals surface area contributed by atoms with Gasteiger partial charge in [0.25, 0.3) is 0 Å². The smallest absolute Gasteiger partial charge is 0.137 e. The van der Waals surface area contributed by atoms with Crippen LogP contribution < -0.4 is 5.32 Å². The summed E-state index contributed by atoms with van der Waals surface area (Å²) in [4.78, 5) is 8.72. The Bertz CT molecular complexity index is 571. The lowest BCUT2D eigenvalue weighted by molar-refractivity contribution is 0.402. The molecule has 0 aromatic carbocycles. The first-order valence-corrected chi connectivity index (χ1v) is 7.41. The van der Waals surface area contributed by atoms with Gasteiger partial charge in [0.2, 0.25) is 0 Å². The second-order valence-electron chi connectivity index (χ2n) is 5.54. The van der Waals surface area contributed by atoms with Crippen LogP contribution >= 0.6 is 0 Å². The molecule has 0 fully saturated rings. The molecule has 4 nitrogen and oxygen atoms in total. The van der Waals surface area contributed by atoms with Gasteiger partial charge in [-0.05, 0) is 37.8 Å². The number of rotatable bonds is 7. The summed E-state index contributed by atoms with van der Waals surface area (Å²) in [7, 11) is 0. The van der Waals surface area contributed by atoms with Crippen molar-refractivity contribution in [3.05, 3.63) is 54.8 Å². The molecule has 0 spiro atoms. The number of nitrogens with zero attached hydrogens (tertiary/aromatic N) is 3. The number of hydrogen-bond acceptors (Lipinski definition) is 3. The molecular formula is C17H24N4. The van der Waals surface area contributed by atoms with Crippen molar-refractivity contribution in [2.24, 2.45) is 5.92 Å². The highest BCUT2D eigenvalue weighted by molar-refractivity contribution is 5.27. The molecule has 0 aliphatic carbocycles. The van der Waals surface area contributed by atoms with Gasteiger partial charge in [-0.1, -0.05) is 19.1 Å². The SMILES string of the molecule is C=CC[C@@H](C)[C@H](C)NCc1ccc(-n2ccnc2C)nc1. The number of aryl methyl sites for hydroxylation is 1. The summed E-state index contributed by atoms with van der Waals surface area (Å²) in [5, 5.41) is 3.54. The fourth-order valence-electron chi connectivity index (χ4n) is 2.23. The van der Waals surface area contributed by atoms with Gasteiger partial charge >= 0.3 is 0 Å². The van der Waals surface area contributed by atoms with E-state index in [4.69, 9.17) is 0 Å². The highest BCUT2D eigenvalue weighted by atomic mass is 15.1. The zero-order valence-corrected chi connectivity index (χ0v) is 13.1. The van der Waals surface area contributed by atoms with E-state index in [0.717, 1.165) is 24.6 Å². The summed E-state index contributed by atoms with van der Waals surface area (Å²) in [6.45, 7) is 11.1. The largest absolute Gasteiger partial charge is 0.310 e. The van der Waals surface area contributed by atoms with Crippen LogP contribution in [0.1, 0.15) is 31.7 Å². The maximum absolute atomic E-state index is 4.51. The van der Waals surface area contributed by atoms with E-state index in [1.165, 1.54) is 5.56 Å². The third-order valence-electron chi connectivity index (χ3n) is 3.90. The molecule has 0 radical (unpaired) electrons. The van der Waals surface area contributed by atoms with Crippen molar-refractivity contribution in [2.75, 3.05) is 0 Å². The fourth-order valence-corrected chi connectivity index (χ4v) is 2.23. The van der Waals surface area contributed by atoms with Gasteiger partial charge in [-0.2, -0.15) is 0 Å². The monoisotopic (exact) mass is 284 g/mol.